The number of hydrogen-bond donors (Lipinski definition) is 3. The van der Waals surface area contributed by atoms with Crippen LogP contribution >= 0.6 is 0 Å². The van der Waals surface area contributed by atoms with Crippen LogP contribution in [0.15, 0.2) is 0 Å². The molecule has 0 amide bonds. The first-order valence-corrected chi connectivity index (χ1v) is 4.71. The van der Waals surface area contributed by atoms with Gasteiger partial charge in [-0.1, -0.05) is 0 Å². The molecule has 0 heterocycles. The van der Waals surface area contributed by atoms with E-state index >= 15 is 0 Å². The molecule has 2 atom stereocenters. The molecule has 0 aliphatic carbocycles. The van der Waals surface area contributed by atoms with Crippen molar-refractivity contribution < 1.29 is 20.1 Å². The summed E-state index contributed by atoms with van der Waals surface area (Å²) in [5.41, 5.74) is 0. The minimum atomic E-state index is -0.600. The fourth-order valence-corrected chi connectivity index (χ4v) is 0.929. The molecule has 0 spiro atoms. The Labute approximate surface area is 79.2 Å². The minimum absolute atomic E-state index is 0.172. The second-order valence-electron chi connectivity index (χ2n) is 3.26. The Bertz CT molecular complexity index is 106. The molecule has 1 unspecified atom stereocenters. The molecule has 0 radical (unpaired) electrons. The fourth-order valence-electron chi connectivity index (χ4n) is 0.929. The van der Waals surface area contributed by atoms with Crippen LogP contribution in [0.2, 0.25) is 0 Å². The van der Waals surface area contributed by atoms with Crippen LogP contribution in [0.25, 0.3) is 0 Å². The molecule has 4 nitrogen and oxygen atoms in total. The summed E-state index contributed by atoms with van der Waals surface area (Å²) in [5.74, 6) is 0. The topological polar surface area (TPSA) is 69.9 Å². The van der Waals surface area contributed by atoms with Crippen LogP contribution in [-0.4, -0.2) is 47.3 Å². The highest BCUT2D eigenvalue weighted by molar-refractivity contribution is 4.52. The van der Waals surface area contributed by atoms with E-state index in [4.69, 9.17) is 20.1 Å². The van der Waals surface area contributed by atoms with Gasteiger partial charge >= 0.3 is 0 Å². The zero-order chi connectivity index (χ0) is 10.1. The van der Waals surface area contributed by atoms with Crippen LogP contribution in [0.3, 0.4) is 0 Å². The van der Waals surface area contributed by atoms with E-state index in [1.165, 1.54) is 0 Å². The lowest BCUT2D eigenvalue weighted by molar-refractivity contribution is 0.0412. The maximum atomic E-state index is 8.97. The Balaban J connectivity index is 2.99. The van der Waals surface area contributed by atoms with Crippen molar-refractivity contribution in [3.8, 4) is 0 Å². The van der Waals surface area contributed by atoms with Gasteiger partial charge in [-0.15, -0.1) is 0 Å². The average molecular weight is 192 g/mol. The lowest BCUT2D eigenvalue weighted by atomic mass is 10.2. The fraction of sp³-hybridized carbons (Fsp3) is 1.00. The van der Waals surface area contributed by atoms with E-state index in [9.17, 15) is 0 Å². The van der Waals surface area contributed by atoms with Crippen LogP contribution in [-0.2, 0) is 4.74 Å². The van der Waals surface area contributed by atoms with Gasteiger partial charge in [0.25, 0.3) is 0 Å². The van der Waals surface area contributed by atoms with Gasteiger partial charge in [-0.25, -0.2) is 0 Å². The number of unbranched alkanes of at least 4 members (excludes halogenated alkanes) is 1. The van der Waals surface area contributed by atoms with Crippen molar-refractivity contribution in [3.63, 3.8) is 0 Å². The molecule has 0 saturated carbocycles. The average Bonchev–Trinajstić information content (AvgIpc) is 2.10. The van der Waals surface area contributed by atoms with Crippen molar-refractivity contribution in [2.24, 2.45) is 0 Å². The molecule has 0 aromatic rings. The zero-order valence-electron chi connectivity index (χ0n) is 8.15. The van der Waals surface area contributed by atoms with Crippen molar-refractivity contribution in [2.75, 3.05) is 19.8 Å². The second kappa shape index (κ2) is 8.44. The SMILES string of the molecule is CC(O)COCCCC[C@@H](O)CO. The summed E-state index contributed by atoms with van der Waals surface area (Å²) in [5, 5.41) is 26.3. The number of rotatable bonds is 8. The highest BCUT2D eigenvalue weighted by Crippen LogP contribution is 2.00. The summed E-state index contributed by atoms with van der Waals surface area (Å²) in [7, 11) is 0. The van der Waals surface area contributed by atoms with Crippen LogP contribution in [0.5, 0.6) is 0 Å². The molecule has 0 aromatic carbocycles. The standard InChI is InChI=1S/C9H20O4/c1-8(11)7-13-5-3-2-4-9(12)6-10/h8-12H,2-7H2,1H3/t8?,9-/m1/s1. The lowest BCUT2D eigenvalue weighted by Crippen LogP contribution is -2.13. The molecular weight excluding hydrogens is 172 g/mol. The maximum Gasteiger partial charge on any atom is 0.0771 e. The van der Waals surface area contributed by atoms with Crippen LogP contribution in [0, 0.1) is 0 Å². The minimum Gasteiger partial charge on any atom is -0.394 e. The first-order chi connectivity index (χ1) is 6.16. The van der Waals surface area contributed by atoms with Crippen LogP contribution < -0.4 is 0 Å². The molecule has 0 aliphatic heterocycles. The van der Waals surface area contributed by atoms with Crippen molar-refractivity contribution in [1.82, 2.24) is 0 Å². The number of aliphatic hydroxyl groups is 3. The molecule has 0 rings (SSSR count). The molecule has 0 saturated heterocycles. The summed E-state index contributed by atoms with van der Waals surface area (Å²) in [6.07, 6.45) is 1.28. The van der Waals surface area contributed by atoms with Gasteiger partial charge in [0.15, 0.2) is 0 Å². The van der Waals surface area contributed by atoms with Crippen molar-refractivity contribution in [2.45, 2.75) is 38.4 Å². The highest BCUT2D eigenvalue weighted by Gasteiger charge is 2.01. The Morgan fingerprint density at radius 2 is 1.92 bits per heavy atom. The Hall–Kier alpha value is -0.160. The summed E-state index contributed by atoms with van der Waals surface area (Å²) < 4.78 is 5.12. The largest absolute Gasteiger partial charge is 0.394 e. The number of ether oxygens (including phenoxy) is 1. The van der Waals surface area contributed by atoms with Gasteiger partial charge in [-0.3, -0.25) is 0 Å². The smallest absolute Gasteiger partial charge is 0.0771 e. The van der Waals surface area contributed by atoms with E-state index in [1.807, 2.05) is 0 Å². The third-order valence-corrected chi connectivity index (χ3v) is 1.65. The van der Waals surface area contributed by atoms with E-state index in [0.717, 1.165) is 12.8 Å². The van der Waals surface area contributed by atoms with E-state index in [0.29, 0.717) is 19.6 Å². The normalized spacial score (nSPS) is 15.7. The molecule has 13 heavy (non-hydrogen) atoms. The molecule has 4 heteroatoms. The van der Waals surface area contributed by atoms with E-state index in [2.05, 4.69) is 0 Å². The van der Waals surface area contributed by atoms with Gasteiger partial charge in [-0.05, 0) is 26.2 Å². The van der Waals surface area contributed by atoms with Crippen LogP contribution in [0.4, 0.5) is 0 Å². The summed E-state index contributed by atoms with van der Waals surface area (Å²) >= 11 is 0. The van der Waals surface area contributed by atoms with Crippen molar-refractivity contribution in [1.29, 1.82) is 0 Å². The molecule has 0 aromatic heterocycles. The first-order valence-electron chi connectivity index (χ1n) is 4.71. The summed E-state index contributed by atoms with van der Waals surface area (Å²) in [4.78, 5) is 0. The number of aliphatic hydroxyl groups excluding tert-OH is 3. The number of hydrogen-bond acceptors (Lipinski definition) is 4. The van der Waals surface area contributed by atoms with E-state index < -0.39 is 12.2 Å². The van der Waals surface area contributed by atoms with Crippen LogP contribution in [0.1, 0.15) is 26.2 Å². The molecule has 0 fully saturated rings. The molecular formula is C9H20O4. The predicted octanol–water partition coefficient (Wildman–Crippen LogP) is -0.0927. The van der Waals surface area contributed by atoms with Gasteiger partial charge in [0.1, 0.15) is 0 Å². The van der Waals surface area contributed by atoms with Gasteiger partial charge in [0.05, 0.1) is 25.4 Å². The monoisotopic (exact) mass is 192 g/mol. The first kappa shape index (κ1) is 12.8. The Morgan fingerprint density at radius 1 is 1.23 bits per heavy atom. The van der Waals surface area contributed by atoms with Gasteiger partial charge in [0.2, 0.25) is 0 Å². The predicted molar refractivity (Wildman–Crippen MR) is 49.4 cm³/mol. The zero-order valence-corrected chi connectivity index (χ0v) is 8.15. The van der Waals surface area contributed by atoms with E-state index in [1.54, 1.807) is 6.92 Å². The third kappa shape index (κ3) is 9.76. The van der Waals surface area contributed by atoms with E-state index in [-0.39, 0.29) is 6.61 Å². The van der Waals surface area contributed by atoms with Crippen molar-refractivity contribution in [3.05, 3.63) is 0 Å². The Morgan fingerprint density at radius 3 is 2.46 bits per heavy atom. The van der Waals surface area contributed by atoms with Gasteiger partial charge in [-0.2, -0.15) is 0 Å². The van der Waals surface area contributed by atoms with Crippen molar-refractivity contribution >= 4 is 0 Å². The lowest BCUT2D eigenvalue weighted by Gasteiger charge is -2.07. The highest BCUT2D eigenvalue weighted by atomic mass is 16.5. The molecule has 0 bridgehead atoms. The second-order valence-corrected chi connectivity index (χ2v) is 3.26. The van der Waals surface area contributed by atoms with Gasteiger partial charge in [0, 0.05) is 6.61 Å². The molecule has 0 aliphatic rings. The summed E-state index contributed by atoms with van der Waals surface area (Å²) in [6, 6.07) is 0. The maximum absolute atomic E-state index is 8.97. The van der Waals surface area contributed by atoms with Gasteiger partial charge < -0.3 is 20.1 Å². The summed E-state index contributed by atoms with van der Waals surface area (Å²) in [6.45, 7) is 2.47. The Kier molecular flexibility index (Phi) is 8.33. The molecule has 3 N–H and O–H groups in total. The quantitative estimate of drug-likeness (QED) is 0.470. The molecule has 80 valence electrons. The third-order valence-electron chi connectivity index (χ3n) is 1.65.